The van der Waals surface area contributed by atoms with Gasteiger partial charge in [0, 0.05) is 29.7 Å². The molecule has 0 amide bonds. The van der Waals surface area contributed by atoms with Crippen molar-refractivity contribution in [1.82, 2.24) is 14.8 Å². The minimum absolute atomic E-state index is 0.585. The van der Waals surface area contributed by atoms with Crippen molar-refractivity contribution in [2.24, 2.45) is 7.05 Å². The summed E-state index contributed by atoms with van der Waals surface area (Å²) < 4.78 is 2.04. The van der Waals surface area contributed by atoms with Crippen LogP contribution in [-0.2, 0) is 7.05 Å². The van der Waals surface area contributed by atoms with Gasteiger partial charge in [-0.15, -0.1) is 0 Å². The highest BCUT2D eigenvalue weighted by Crippen LogP contribution is 2.30. The molecule has 2 aromatic heterocycles. The van der Waals surface area contributed by atoms with E-state index in [1.165, 1.54) is 0 Å². The van der Waals surface area contributed by atoms with Crippen molar-refractivity contribution < 1.29 is 4.79 Å². The van der Waals surface area contributed by atoms with Crippen LogP contribution in [0.3, 0.4) is 0 Å². The van der Waals surface area contributed by atoms with Gasteiger partial charge >= 0.3 is 0 Å². The van der Waals surface area contributed by atoms with Crippen LogP contribution in [0.15, 0.2) is 36.7 Å². The Morgan fingerprint density at radius 2 is 2.18 bits per heavy atom. The number of aromatic nitrogens is 3. The number of nitrogens with zero attached hydrogens (tertiary/aromatic N) is 2. The van der Waals surface area contributed by atoms with Crippen LogP contribution in [0.4, 0.5) is 0 Å². The summed E-state index contributed by atoms with van der Waals surface area (Å²) in [6, 6.07) is 8.08. The smallest absolute Gasteiger partial charge is 0.153 e. The third kappa shape index (κ3) is 1.38. The number of aryl methyl sites for hydroxylation is 1. The molecule has 1 N–H and O–H groups in total. The molecule has 0 unspecified atom stereocenters. The molecule has 3 rings (SSSR count). The van der Waals surface area contributed by atoms with Crippen LogP contribution in [0.5, 0.6) is 0 Å². The molecule has 0 radical (unpaired) electrons. The molecular formula is C13H11N3O. The van der Waals surface area contributed by atoms with Crippen molar-refractivity contribution in [3.63, 3.8) is 0 Å². The molecule has 4 nitrogen and oxygen atoms in total. The molecule has 0 bridgehead atoms. The summed E-state index contributed by atoms with van der Waals surface area (Å²) in [4.78, 5) is 10.9. The lowest BCUT2D eigenvalue weighted by atomic mass is 10.1. The largest absolute Gasteiger partial charge is 0.350 e. The number of hydrogen-bond donors (Lipinski definition) is 1. The third-order valence-corrected chi connectivity index (χ3v) is 2.96. The molecule has 0 saturated heterocycles. The predicted molar refractivity (Wildman–Crippen MR) is 65.9 cm³/mol. The molecule has 4 heteroatoms. The summed E-state index contributed by atoms with van der Waals surface area (Å²) in [5.74, 6) is 0. The van der Waals surface area contributed by atoms with Gasteiger partial charge < -0.3 is 4.57 Å². The first-order valence-electron chi connectivity index (χ1n) is 5.34. The van der Waals surface area contributed by atoms with Crippen LogP contribution in [0.25, 0.3) is 22.2 Å². The second-order valence-electron chi connectivity index (χ2n) is 3.99. The summed E-state index contributed by atoms with van der Waals surface area (Å²) in [6.07, 6.45) is 4.37. The van der Waals surface area contributed by atoms with Gasteiger partial charge in [-0.05, 0) is 6.07 Å². The zero-order valence-corrected chi connectivity index (χ0v) is 9.34. The maximum atomic E-state index is 10.9. The zero-order chi connectivity index (χ0) is 11.8. The van der Waals surface area contributed by atoms with Crippen LogP contribution in [0, 0.1) is 0 Å². The van der Waals surface area contributed by atoms with Crippen LogP contribution >= 0.6 is 0 Å². The third-order valence-electron chi connectivity index (χ3n) is 2.96. The van der Waals surface area contributed by atoms with Crippen LogP contribution in [0.2, 0.25) is 0 Å². The van der Waals surface area contributed by atoms with E-state index in [2.05, 4.69) is 16.3 Å². The normalized spacial score (nSPS) is 10.9. The lowest BCUT2D eigenvalue weighted by Crippen LogP contribution is -1.83. The van der Waals surface area contributed by atoms with Crippen molar-refractivity contribution in [2.45, 2.75) is 0 Å². The van der Waals surface area contributed by atoms with E-state index in [9.17, 15) is 4.79 Å². The first-order chi connectivity index (χ1) is 8.31. The number of nitrogens with one attached hydrogen (secondary N) is 1. The summed E-state index contributed by atoms with van der Waals surface area (Å²) in [5.41, 5.74) is 3.50. The Hall–Kier alpha value is -2.36. The molecule has 1 aromatic carbocycles. The van der Waals surface area contributed by atoms with Crippen molar-refractivity contribution in [2.75, 3.05) is 0 Å². The van der Waals surface area contributed by atoms with E-state index >= 15 is 0 Å². The van der Waals surface area contributed by atoms with E-state index in [-0.39, 0.29) is 0 Å². The fraction of sp³-hybridized carbons (Fsp3) is 0.0769. The van der Waals surface area contributed by atoms with E-state index in [0.717, 1.165) is 28.4 Å². The van der Waals surface area contributed by atoms with Gasteiger partial charge in [0.1, 0.15) is 0 Å². The molecule has 0 saturated carbocycles. The molecule has 0 aliphatic rings. The standard InChI is InChI=1S/C13H11N3O/c1-16-7-11(10-4-2-3-5-12(10)16)13-9(8-17)6-14-15-13/h2-8H,1H3,(H,14,15). The minimum Gasteiger partial charge on any atom is -0.350 e. The highest BCUT2D eigenvalue weighted by Gasteiger charge is 2.12. The molecule has 2 heterocycles. The van der Waals surface area contributed by atoms with Gasteiger partial charge in [-0.3, -0.25) is 9.89 Å². The molecule has 17 heavy (non-hydrogen) atoms. The summed E-state index contributed by atoms with van der Waals surface area (Å²) in [5, 5.41) is 7.92. The van der Waals surface area contributed by atoms with Crippen molar-refractivity contribution in [1.29, 1.82) is 0 Å². The predicted octanol–water partition coefficient (Wildman–Crippen LogP) is 2.38. The van der Waals surface area contributed by atoms with Gasteiger partial charge in [0.05, 0.1) is 17.5 Å². The minimum atomic E-state index is 0.585. The number of carbonyl (C=O) groups excluding carboxylic acids is 1. The molecule has 0 atom stereocenters. The highest BCUT2D eigenvalue weighted by molar-refractivity contribution is 5.99. The van der Waals surface area contributed by atoms with Crippen LogP contribution < -0.4 is 0 Å². The first-order valence-corrected chi connectivity index (χ1v) is 5.34. The molecule has 0 aliphatic carbocycles. The van der Waals surface area contributed by atoms with Crippen molar-refractivity contribution in [3.05, 3.63) is 42.2 Å². The highest BCUT2D eigenvalue weighted by atomic mass is 16.1. The Morgan fingerprint density at radius 3 is 3.00 bits per heavy atom. The average Bonchev–Trinajstić information content (AvgIpc) is 2.94. The molecule has 84 valence electrons. The second-order valence-corrected chi connectivity index (χ2v) is 3.99. The second kappa shape index (κ2) is 3.59. The zero-order valence-electron chi connectivity index (χ0n) is 9.34. The van der Waals surface area contributed by atoms with Crippen LogP contribution in [-0.4, -0.2) is 21.1 Å². The number of aldehydes is 1. The first kappa shape index (κ1) is 9.84. The van der Waals surface area contributed by atoms with E-state index < -0.39 is 0 Å². The quantitative estimate of drug-likeness (QED) is 0.681. The number of H-pyrrole nitrogens is 1. The molecule has 0 spiro atoms. The average molecular weight is 225 g/mol. The molecule has 0 fully saturated rings. The number of carbonyl (C=O) groups is 1. The van der Waals surface area contributed by atoms with E-state index in [4.69, 9.17) is 0 Å². The van der Waals surface area contributed by atoms with Gasteiger partial charge in [0.15, 0.2) is 6.29 Å². The Morgan fingerprint density at radius 1 is 1.35 bits per heavy atom. The van der Waals surface area contributed by atoms with Crippen molar-refractivity contribution in [3.8, 4) is 11.3 Å². The Bertz CT molecular complexity index is 694. The van der Waals surface area contributed by atoms with Gasteiger partial charge in [-0.1, -0.05) is 18.2 Å². The lowest BCUT2D eigenvalue weighted by molar-refractivity contribution is 0.112. The Labute approximate surface area is 97.9 Å². The van der Waals surface area contributed by atoms with Gasteiger partial charge in [-0.2, -0.15) is 5.10 Å². The Kier molecular flexibility index (Phi) is 2.08. The number of benzene rings is 1. The van der Waals surface area contributed by atoms with Gasteiger partial charge in [0.25, 0.3) is 0 Å². The summed E-state index contributed by atoms with van der Waals surface area (Å²) in [6.45, 7) is 0. The lowest BCUT2D eigenvalue weighted by Gasteiger charge is -1.96. The summed E-state index contributed by atoms with van der Waals surface area (Å²) >= 11 is 0. The Balaban J connectivity index is 2.35. The molecule has 3 aromatic rings. The number of hydrogen-bond acceptors (Lipinski definition) is 2. The SMILES string of the molecule is Cn1cc(-c2[nH]ncc2C=O)c2ccccc21. The maximum Gasteiger partial charge on any atom is 0.153 e. The van der Waals surface area contributed by atoms with Crippen molar-refractivity contribution >= 4 is 17.2 Å². The monoisotopic (exact) mass is 225 g/mol. The molecular weight excluding hydrogens is 214 g/mol. The number of para-hydroxylation sites is 1. The topological polar surface area (TPSA) is 50.7 Å². The number of fused-ring (bicyclic) bond motifs is 1. The van der Waals surface area contributed by atoms with Gasteiger partial charge in [0.2, 0.25) is 0 Å². The number of rotatable bonds is 2. The van der Waals surface area contributed by atoms with E-state index in [1.807, 2.05) is 36.0 Å². The van der Waals surface area contributed by atoms with Gasteiger partial charge in [-0.25, -0.2) is 0 Å². The van der Waals surface area contributed by atoms with E-state index in [1.54, 1.807) is 6.20 Å². The maximum absolute atomic E-state index is 10.9. The van der Waals surface area contributed by atoms with E-state index in [0.29, 0.717) is 5.56 Å². The fourth-order valence-electron chi connectivity index (χ4n) is 2.14. The number of aromatic amines is 1. The fourth-order valence-corrected chi connectivity index (χ4v) is 2.14. The summed E-state index contributed by atoms with van der Waals surface area (Å²) in [7, 11) is 1.99. The molecule has 0 aliphatic heterocycles. The van der Waals surface area contributed by atoms with Crippen LogP contribution in [0.1, 0.15) is 10.4 Å².